The number of carbonyl (C=O) groups is 1. The van der Waals surface area contributed by atoms with Gasteiger partial charge in [0, 0.05) is 12.8 Å². The van der Waals surface area contributed by atoms with E-state index in [4.69, 9.17) is 14.2 Å². The van der Waals surface area contributed by atoms with Gasteiger partial charge in [-0.15, -0.1) is 0 Å². The van der Waals surface area contributed by atoms with Crippen LogP contribution in [0.1, 0.15) is 40.7 Å². The summed E-state index contributed by atoms with van der Waals surface area (Å²) in [5.41, 5.74) is 4.01. The van der Waals surface area contributed by atoms with Crippen molar-refractivity contribution in [2.75, 3.05) is 20.3 Å². The van der Waals surface area contributed by atoms with E-state index < -0.39 is 0 Å². The predicted molar refractivity (Wildman–Crippen MR) is 79.0 cm³/mol. The van der Waals surface area contributed by atoms with Crippen LogP contribution in [0.25, 0.3) is 5.57 Å². The van der Waals surface area contributed by atoms with Crippen LogP contribution < -0.4 is 0 Å². The van der Waals surface area contributed by atoms with Crippen molar-refractivity contribution in [3.05, 3.63) is 41.0 Å². The molecule has 112 valence electrons. The Morgan fingerprint density at radius 3 is 2.62 bits per heavy atom. The van der Waals surface area contributed by atoms with Crippen LogP contribution in [0, 0.1) is 6.92 Å². The summed E-state index contributed by atoms with van der Waals surface area (Å²) in [5, 5.41) is 0. The first-order chi connectivity index (χ1) is 10.1. The number of allylic oxidation sites excluding steroid dienone is 1. The SMILES string of the molecule is COC(=O)c1ccc(C2=CCC3(CC2)OCCO3)cc1C. The van der Waals surface area contributed by atoms with Crippen LogP contribution in [0.3, 0.4) is 0 Å². The molecule has 0 aromatic heterocycles. The first kappa shape index (κ1) is 14.3. The van der Waals surface area contributed by atoms with Gasteiger partial charge in [-0.2, -0.15) is 0 Å². The monoisotopic (exact) mass is 288 g/mol. The Balaban J connectivity index is 1.80. The van der Waals surface area contributed by atoms with Crippen molar-refractivity contribution in [3.8, 4) is 0 Å². The van der Waals surface area contributed by atoms with Crippen molar-refractivity contribution < 1.29 is 19.0 Å². The molecule has 0 amide bonds. The van der Waals surface area contributed by atoms with Crippen LogP contribution in [0.15, 0.2) is 24.3 Å². The van der Waals surface area contributed by atoms with Gasteiger partial charge >= 0.3 is 5.97 Å². The van der Waals surface area contributed by atoms with E-state index in [0.29, 0.717) is 18.8 Å². The molecule has 21 heavy (non-hydrogen) atoms. The molecular formula is C17H20O4. The van der Waals surface area contributed by atoms with Gasteiger partial charge in [0.05, 0.1) is 25.9 Å². The Kier molecular flexibility index (Phi) is 3.83. The molecule has 4 heteroatoms. The fourth-order valence-electron chi connectivity index (χ4n) is 3.03. The van der Waals surface area contributed by atoms with Gasteiger partial charge in [-0.25, -0.2) is 4.79 Å². The molecule has 2 aliphatic rings. The quantitative estimate of drug-likeness (QED) is 0.784. The second-order valence-corrected chi connectivity index (χ2v) is 5.56. The molecule has 1 aromatic rings. The number of benzene rings is 1. The first-order valence-corrected chi connectivity index (χ1v) is 7.30. The highest BCUT2D eigenvalue weighted by Crippen LogP contribution is 2.38. The minimum absolute atomic E-state index is 0.289. The Morgan fingerprint density at radius 1 is 1.29 bits per heavy atom. The van der Waals surface area contributed by atoms with Crippen molar-refractivity contribution in [3.63, 3.8) is 0 Å². The molecular weight excluding hydrogens is 268 g/mol. The third kappa shape index (κ3) is 2.74. The second-order valence-electron chi connectivity index (χ2n) is 5.56. The molecule has 1 heterocycles. The smallest absolute Gasteiger partial charge is 0.338 e. The Morgan fingerprint density at radius 2 is 2.05 bits per heavy atom. The number of carbonyl (C=O) groups excluding carboxylic acids is 1. The number of methoxy groups -OCH3 is 1. The summed E-state index contributed by atoms with van der Waals surface area (Å²) in [4.78, 5) is 11.6. The summed E-state index contributed by atoms with van der Waals surface area (Å²) in [6.45, 7) is 3.32. The Labute approximate surface area is 124 Å². The number of aryl methyl sites for hydroxylation is 1. The maximum absolute atomic E-state index is 11.6. The van der Waals surface area contributed by atoms with Gasteiger partial charge in [-0.1, -0.05) is 18.2 Å². The van der Waals surface area contributed by atoms with Gasteiger partial charge in [0.2, 0.25) is 0 Å². The zero-order valence-corrected chi connectivity index (χ0v) is 12.5. The minimum atomic E-state index is -0.384. The molecule has 0 atom stereocenters. The molecule has 1 aliphatic heterocycles. The predicted octanol–water partition coefficient (Wildman–Crippen LogP) is 3.09. The van der Waals surface area contributed by atoms with Crippen LogP contribution >= 0.6 is 0 Å². The molecule has 1 aromatic carbocycles. The molecule has 0 unspecified atom stereocenters. The molecule has 1 saturated heterocycles. The summed E-state index contributed by atoms with van der Waals surface area (Å²) < 4.78 is 16.2. The highest BCUT2D eigenvalue weighted by molar-refractivity contribution is 5.91. The average molecular weight is 288 g/mol. The first-order valence-electron chi connectivity index (χ1n) is 7.30. The van der Waals surface area contributed by atoms with Crippen molar-refractivity contribution in [2.24, 2.45) is 0 Å². The van der Waals surface area contributed by atoms with Crippen molar-refractivity contribution in [1.82, 2.24) is 0 Å². The van der Waals surface area contributed by atoms with Gasteiger partial charge in [0.25, 0.3) is 0 Å². The lowest BCUT2D eigenvalue weighted by atomic mass is 9.88. The van der Waals surface area contributed by atoms with Crippen LogP contribution in [0.4, 0.5) is 0 Å². The Bertz CT molecular complexity index is 582. The third-order valence-electron chi connectivity index (χ3n) is 4.25. The standard InChI is InChI=1S/C17H20O4/c1-12-11-14(3-4-15(12)16(18)19-2)13-5-7-17(8-6-13)20-9-10-21-17/h3-5,11H,6-10H2,1-2H3. The molecule has 4 nitrogen and oxygen atoms in total. The van der Waals surface area contributed by atoms with Crippen molar-refractivity contribution >= 4 is 11.5 Å². The summed E-state index contributed by atoms with van der Waals surface area (Å²) >= 11 is 0. The van der Waals surface area contributed by atoms with Crippen LogP contribution in [-0.4, -0.2) is 32.1 Å². The molecule has 0 saturated carbocycles. The molecule has 0 N–H and O–H groups in total. The Hall–Kier alpha value is -1.65. The molecule has 1 aliphatic carbocycles. The topological polar surface area (TPSA) is 44.8 Å². The van der Waals surface area contributed by atoms with E-state index >= 15 is 0 Å². The highest BCUT2D eigenvalue weighted by Gasteiger charge is 2.37. The number of hydrogen-bond acceptors (Lipinski definition) is 4. The lowest BCUT2D eigenvalue weighted by Gasteiger charge is -2.30. The number of esters is 1. The zero-order valence-electron chi connectivity index (χ0n) is 12.5. The number of rotatable bonds is 2. The van der Waals surface area contributed by atoms with Crippen molar-refractivity contribution in [2.45, 2.75) is 32.0 Å². The molecule has 1 fully saturated rings. The summed E-state index contributed by atoms with van der Waals surface area (Å²) in [6, 6.07) is 5.87. The molecule has 0 bridgehead atoms. The average Bonchev–Trinajstić information content (AvgIpc) is 2.95. The van der Waals surface area contributed by atoms with Gasteiger partial charge in [-0.3, -0.25) is 0 Å². The van der Waals surface area contributed by atoms with E-state index in [1.165, 1.54) is 12.7 Å². The van der Waals surface area contributed by atoms with E-state index in [1.807, 2.05) is 25.1 Å². The fraction of sp³-hybridized carbons (Fsp3) is 0.471. The van der Waals surface area contributed by atoms with E-state index in [9.17, 15) is 4.79 Å². The second kappa shape index (κ2) is 5.62. The van der Waals surface area contributed by atoms with Crippen molar-refractivity contribution in [1.29, 1.82) is 0 Å². The molecule has 3 rings (SSSR count). The highest BCUT2D eigenvalue weighted by atomic mass is 16.7. The maximum atomic E-state index is 11.6. The van der Waals surface area contributed by atoms with Crippen LogP contribution in [0.2, 0.25) is 0 Å². The van der Waals surface area contributed by atoms with Gasteiger partial charge in [0.15, 0.2) is 5.79 Å². The fourth-order valence-corrected chi connectivity index (χ4v) is 3.03. The summed E-state index contributed by atoms with van der Waals surface area (Å²) in [5.74, 6) is -0.673. The minimum Gasteiger partial charge on any atom is -0.465 e. The molecule has 1 spiro atoms. The third-order valence-corrected chi connectivity index (χ3v) is 4.25. The van der Waals surface area contributed by atoms with Crippen LogP contribution in [-0.2, 0) is 14.2 Å². The molecule has 0 radical (unpaired) electrons. The lowest BCUT2D eigenvalue weighted by Crippen LogP contribution is -2.31. The lowest BCUT2D eigenvalue weighted by molar-refractivity contribution is -0.159. The van der Waals surface area contributed by atoms with Gasteiger partial charge in [-0.05, 0) is 36.1 Å². The van der Waals surface area contributed by atoms with E-state index in [0.717, 1.165) is 30.4 Å². The maximum Gasteiger partial charge on any atom is 0.338 e. The number of hydrogen-bond donors (Lipinski definition) is 0. The van der Waals surface area contributed by atoms with Gasteiger partial charge in [0.1, 0.15) is 0 Å². The van der Waals surface area contributed by atoms with E-state index in [-0.39, 0.29) is 11.8 Å². The summed E-state index contributed by atoms with van der Waals surface area (Å²) in [6.07, 6.45) is 4.80. The van der Waals surface area contributed by atoms with Gasteiger partial charge < -0.3 is 14.2 Å². The van der Waals surface area contributed by atoms with Crippen LogP contribution in [0.5, 0.6) is 0 Å². The number of ether oxygens (including phenoxy) is 3. The van der Waals surface area contributed by atoms with E-state index in [1.54, 1.807) is 0 Å². The summed E-state index contributed by atoms with van der Waals surface area (Å²) in [7, 11) is 1.40. The zero-order chi connectivity index (χ0) is 14.9. The largest absolute Gasteiger partial charge is 0.465 e. The normalized spacial score (nSPS) is 20.4. The van der Waals surface area contributed by atoms with E-state index in [2.05, 4.69) is 6.08 Å².